The Labute approximate surface area is 177 Å². The van der Waals surface area contributed by atoms with E-state index in [2.05, 4.69) is 15.5 Å². The molecule has 1 N–H and O–H groups in total. The van der Waals surface area contributed by atoms with Crippen molar-refractivity contribution in [3.8, 4) is 0 Å². The number of aromatic nitrogens is 2. The second kappa shape index (κ2) is 8.01. The summed E-state index contributed by atoms with van der Waals surface area (Å²) in [5, 5.41) is 15.8. The molecule has 10 nitrogen and oxygen atoms in total. The molecular formula is C18H17ClN6O4S. The van der Waals surface area contributed by atoms with E-state index in [1.165, 1.54) is 22.7 Å². The Morgan fingerprint density at radius 1 is 1.23 bits per heavy atom. The zero-order valence-corrected chi connectivity index (χ0v) is 17.2. The molecule has 0 unspecified atom stereocenters. The zero-order valence-electron chi connectivity index (χ0n) is 15.6. The Morgan fingerprint density at radius 3 is 2.73 bits per heavy atom. The normalized spacial score (nSPS) is 15.2. The molecule has 1 aromatic carbocycles. The lowest BCUT2D eigenvalue weighted by Crippen LogP contribution is -2.27. The number of benzene rings is 1. The highest BCUT2D eigenvalue weighted by Crippen LogP contribution is 2.30. The number of pyridine rings is 1. The highest BCUT2D eigenvalue weighted by molar-refractivity contribution is 7.89. The molecule has 0 amide bonds. The van der Waals surface area contributed by atoms with E-state index in [-0.39, 0.29) is 15.7 Å². The number of rotatable bonds is 6. The van der Waals surface area contributed by atoms with Crippen molar-refractivity contribution in [2.75, 3.05) is 18.5 Å². The van der Waals surface area contributed by atoms with Gasteiger partial charge in [-0.2, -0.15) is 9.41 Å². The third-order valence-corrected chi connectivity index (χ3v) is 6.94. The van der Waals surface area contributed by atoms with Crippen LogP contribution in [0, 0.1) is 10.1 Å². The van der Waals surface area contributed by atoms with Crippen LogP contribution in [0.25, 0.3) is 5.65 Å². The third kappa shape index (κ3) is 3.74. The van der Waals surface area contributed by atoms with Crippen LogP contribution in [0.3, 0.4) is 0 Å². The van der Waals surface area contributed by atoms with Gasteiger partial charge in [-0.15, -0.1) is 0 Å². The van der Waals surface area contributed by atoms with Crippen LogP contribution < -0.4 is 5.43 Å². The monoisotopic (exact) mass is 448 g/mol. The first-order valence-electron chi connectivity index (χ1n) is 9.08. The summed E-state index contributed by atoms with van der Waals surface area (Å²) in [7, 11) is -3.76. The van der Waals surface area contributed by atoms with Crippen LogP contribution in [-0.4, -0.2) is 46.3 Å². The van der Waals surface area contributed by atoms with E-state index in [1.807, 2.05) is 6.07 Å². The first-order valence-corrected chi connectivity index (χ1v) is 10.9. The molecular weight excluding hydrogens is 432 g/mol. The maximum absolute atomic E-state index is 12.7. The predicted octanol–water partition coefficient (Wildman–Crippen LogP) is 3.13. The summed E-state index contributed by atoms with van der Waals surface area (Å²) in [5.74, 6) is 0. The number of hydrazone groups is 1. The average Bonchev–Trinajstić information content (AvgIpc) is 3.37. The highest BCUT2D eigenvalue weighted by Gasteiger charge is 2.29. The van der Waals surface area contributed by atoms with Gasteiger partial charge in [0.15, 0.2) is 5.15 Å². The lowest BCUT2D eigenvalue weighted by molar-refractivity contribution is -0.384. The van der Waals surface area contributed by atoms with Crippen molar-refractivity contribution >= 4 is 44.9 Å². The molecule has 0 radical (unpaired) electrons. The van der Waals surface area contributed by atoms with Gasteiger partial charge in [0.2, 0.25) is 10.0 Å². The molecule has 156 valence electrons. The Hall–Kier alpha value is -3.02. The fraction of sp³-hybridized carbons (Fsp3) is 0.222. The number of nitrogens with one attached hydrogen (secondary N) is 1. The molecule has 1 saturated heterocycles. The van der Waals surface area contributed by atoms with Crippen molar-refractivity contribution in [1.29, 1.82) is 0 Å². The van der Waals surface area contributed by atoms with Gasteiger partial charge in [0, 0.05) is 25.4 Å². The summed E-state index contributed by atoms with van der Waals surface area (Å²) in [6.45, 7) is 0.834. The summed E-state index contributed by atoms with van der Waals surface area (Å²) in [6.07, 6.45) is 4.71. The Kier molecular flexibility index (Phi) is 5.41. The summed E-state index contributed by atoms with van der Waals surface area (Å²) >= 11 is 6.13. The number of anilines is 1. The lowest BCUT2D eigenvalue weighted by atomic mass is 10.3. The van der Waals surface area contributed by atoms with Crippen LogP contribution in [-0.2, 0) is 10.0 Å². The molecule has 0 spiro atoms. The number of sulfonamides is 1. The van der Waals surface area contributed by atoms with Gasteiger partial charge in [-0.05, 0) is 37.1 Å². The van der Waals surface area contributed by atoms with E-state index in [0.29, 0.717) is 24.4 Å². The van der Waals surface area contributed by atoms with Crippen LogP contribution in [0.15, 0.2) is 52.6 Å². The minimum absolute atomic E-state index is 0.0570. The van der Waals surface area contributed by atoms with E-state index in [0.717, 1.165) is 18.9 Å². The summed E-state index contributed by atoms with van der Waals surface area (Å²) in [5.41, 5.74) is 3.38. The number of hydrogen-bond acceptors (Lipinski definition) is 7. The molecule has 1 fully saturated rings. The maximum atomic E-state index is 12.7. The molecule has 12 heteroatoms. The predicted molar refractivity (Wildman–Crippen MR) is 113 cm³/mol. The Balaban J connectivity index is 1.62. The Bertz CT molecular complexity index is 1250. The van der Waals surface area contributed by atoms with Crippen LogP contribution in [0.5, 0.6) is 0 Å². The van der Waals surface area contributed by atoms with Gasteiger partial charge in [-0.25, -0.2) is 13.4 Å². The quantitative estimate of drug-likeness (QED) is 0.351. The van der Waals surface area contributed by atoms with Gasteiger partial charge in [-0.3, -0.25) is 19.9 Å². The van der Waals surface area contributed by atoms with Crippen molar-refractivity contribution in [3.63, 3.8) is 0 Å². The largest absolute Gasteiger partial charge is 0.297 e. The molecule has 1 aliphatic rings. The highest BCUT2D eigenvalue weighted by atomic mass is 35.5. The van der Waals surface area contributed by atoms with Gasteiger partial charge in [0.1, 0.15) is 17.0 Å². The number of nitrogens with zero attached hydrogens (tertiary/aromatic N) is 5. The number of hydrogen-bond donors (Lipinski definition) is 1. The van der Waals surface area contributed by atoms with Gasteiger partial charge in [-0.1, -0.05) is 17.7 Å². The van der Waals surface area contributed by atoms with Crippen LogP contribution in [0.2, 0.25) is 5.15 Å². The summed E-state index contributed by atoms with van der Waals surface area (Å²) in [4.78, 5) is 14.9. The van der Waals surface area contributed by atoms with E-state index in [4.69, 9.17) is 11.6 Å². The third-order valence-electron chi connectivity index (χ3n) is 4.76. The topological polar surface area (TPSA) is 122 Å². The maximum Gasteiger partial charge on any atom is 0.295 e. The number of halogens is 1. The number of fused-ring (bicyclic) bond motifs is 1. The zero-order chi connectivity index (χ0) is 21.3. The molecule has 0 saturated carbocycles. The molecule has 2 aromatic heterocycles. The standard InChI is InChI=1S/C18H17ClN6O4S/c19-18-16(24-10-2-1-5-17(24)21-18)12-20-22-14-7-6-13(11-15(14)25(26)27)30(28,29)23-8-3-4-9-23/h1-2,5-7,10-12,22H,3-4,8-9H2/b20-12-. The molecule has 3 aromatic rings. The van der Waals surface area contributed by atoms with Gasteiger partial charge in [0.25, 0.3) is 5.69 Å². The fourth-order valence-corrected chi connectivity index (χ4v) is 5.02. The molecule has 30 heavy (non-hydrogen) atoms. The number of nitro groups is 1. The molecule has 0 bridgehead atoms. The van der Waals surface area contributed by atoms with Crippen molar-refractivity contribution in [2.45, 2.75) is 17.7 Å². The lowest BCUT2D eigenvalue weighted by Gasteiger charge is -2.15. The molecule has 0 atom stereocenters. The summed E-state index contributed by atoms with van der Waals surface area (Å²) in [6, 6.07) is 9.11. The van der Waals surface area contributed by atoms with E-state index >= 15 is 0 Å². The van der Waals surface area contributed by atoms with Crippen LogP contribution >= 0.6 is 11.6 Å². The minimum atomic E-state index is -3.76. The number of nitro benzene ring substituents is 1. The van der Waals surface area contributed by atoms with E-state index in [9.17, 15) is 18.5 Å². The van der Waals surface area contributed by atoms with E-state index in [1.54, 1.807) is 22.7 Å². The van der Waals surface area contributed by atoms with Crippen LogP contribution in [0.1, 0.15) is 18.5 Å². The van der Waals surface area contributed by atoms with Crippen molar-refractivity contribution < 1.29 is 13.3 Å². The van der Waals surface area contributed by atoms with Gasteiger partial charge < -0.3 is 0 Å². The SMILES string of the molecule is O=[N+]([O-])c1cc(S(=O)(=O)N2CCCC2)ccc1N/N=C\c1c(Cl)nc2ccccn12. The first-order chi connectivity index (χ1) is 14.4. The minimum Gasteiger partial charge on any atom is -0.297 e. The number of imidazole rings is 1. The van der Waals surface area contributed by atoms with Gasteiger partial charge in [0.05, 0.1) is 16.0 Å². The van der Waals surface area contributed by atoms with Crippen molar-refractivity contribution in [3.05, 3.63) is 63.6 Å². The average molecular weight is 449 g/mol. The van der Waals surface area contributed by atoms with Crippen molar-refractivity contribution in [1.82, 2.24) is 13.7 Å². The summed E-state index contributed by atoms with van der Waals surface area (Å²) < 4.78 is 28.4. The molecule has 4 rings (SSSR count). The smallest absolute Gasteiger partial charge is 0.295 e. The Morgan fingerprint density at radius 2 is 2.00 bits per heavy atom. The molecule has 1 aliphatic heterocycles. The second-order valence-electron chi connectivity index (χ2n) is 6.63. The molecule has 3 heterocycles. The van der Waals surface area contributed by atoms with Crippen LogP contribution in [0.4, 0.5) is 11.4 Å². The van der Waals surface area contributed by atoms with E-state index < -0.39 is 20.6 Å². The second-order valence-corrected chi connectivity index (χ2v) is 8.93. The van der Waals surface area contributed by atoms with Crippen molar-refractivity contribution in [2.24, 2.45) is 5.10 Å². The van der Waals surface area contributed by atoms with Gasteiger partial charge >= 0.3 is 0 Å². The molecule has 0 aliphatic carbocycles. The first kappa shape index (κ1) is 20.3. The fourth-order valence-electron chi connectivity index (χ4n) is 3.26.